The Labute approximate surface area is 215 Å². The molecule has 0 aromatic heterocycles. The maximum Gasteiger partial charge on any atom is 0.255 e. The molecule has 1 atom stereocenters. The topological polar surface area (TPSA) is 91.0 Å². The second-order valence-electron chi connectivity index (χ2n) is 7.50. The number of fused-ring (bicyclic) bond motifs is 1. The zero-order chi connectivity index (χ0) is 35.3. The molecule has 8 nitrogen and oxygen atoms in total. The number of rotatable bonds is 6. The smallest absolute Gasteiger partial charge is 0.255 e. The third kappa shape index (κ3) is 4.53. The molecule has 3 aliphatic heterocycles. The number of imide groups is 1. The van der Waals surface area contributed by atoms with Crippen LogP contribution in [0.1, 0.15) is 57.6 Å². The number of ether oxygens (including phenoxy) is 1. The van der Waals surface area contributed by atoms with Crippen LogP contribution in [0.5, 0.6) is 0 Å². The zero-order valence-electron chi connectivity index (χ0n) is 30.5. The fourth-order valence-corrected chi connectivity index (χ4v) is 3.73. The van der Waals surface area contributed by atoms with Crippen molar-refractivity contribution >= 4 is 23.4 Å². The van der Waals surface area contributed by atoms with E-state index in [9.17, 15) is 14.4 Å². The number of morpholine rings is 1. The Morgan fingerprint density at radius 1 is 1.21 bits per heavy atom. The summed E-state index contributed by atoms with van der Waals surface area (Å²) in [5, 5.41) is 4.55. The van der Waals surface area contributed by atoms with Gasteiger partial charge < -0.3 is 15.0 Å². The van der Waals surface area contributed by atoms with E-state index in [0.29, 0.717) is 4.90 Å². The van der Waals surface area contributed by atoms with Crippen molar-refractivity contribution in [3.8, 4) is 0 Å². The molecule has 2 aromatic rings. The Morgan fingerprint density at radius 3 is 2.82 bits per heavy atom. The van der Waals surface area contributed by atoms with Crippen molar-refractivity contribution in [1.29, 1.82) is 0 Å². The number of piperidine rings is 1. The minimum atomic E-state index is -3.46. The first-order chi connectivity index (χ1) is 21.3. The van der Waals surface area contributed by atoms with E-state index < -0.39 is 81.5 Å². The highest BCUT2D eigenvalue weighted by Crippen LogP contribution is 2.32. The lowest BCUT2D eigenvalue weighted by atomic mass is 10.0. The molecule has 0 spiro atoms. The van der Waals surface area contributed by atoms with Gasteiger partial charge in [-0.05, 0) is 30.1 Å². The van der Waals surface area contributed by atoms with Gasteiger partial charge in [-0.3, -0.25) is 24.6 Å². The van der Waals surface area contributed by atoms with Crippen LogP contribution in [0.25, 0.3) is 0 Å². The van der Waals surface area contributed by atoms with Gasteiger partial charge in [0.15, 0.2) is 0 Å². The molecule has 178 valence electrons. The zero-order valence-corrected chi connectivity index (χ0v) is 17.5. The van der Waals surface area contributed by atoms with Crippen LogP contribution in [0.4, 0.5) is 10.1 Å². The molecule has 2 aromatic carbocycles. The van der Waals surface area contributed by atoms with Gasteiger partial charge >= 0.3 is 0 Å². The monoisotopic (exact) mass is 479 g/mol. The number of halogens is 1. The Morgan fingerprint density at radius 2 is 2.03 bits per heavy atom. The number of hydrogen-bond acceptors (Lipinski definition) is 6. The largest absolute Gasteiger partial charge is 0.381 e. The van der Waals surface area contributed by atoms with Gasteiger partial charge in [0.2, 0.25) is 11.8 Å². The van der Waals surface area contributed by atoms with Crippen LogP contribution in [0.2, 0.25) is 0 Å². The Bertz CT molecular complexity index is 1670. The summed E-state index contributed by atoms with van der Waals surface area (Å²) in [5.74, 6) is -4.94. The first-order valence-corrected chi connectivity index (χ1v) is 10.1. The second kappa shape index (κ2) is 9.52. The maximum absolute atomic E-state index is 15.3. The summed E-state index contributed by atoms with van der Waals surface area (Å²) >= 11 is 0. The Hall–Kier alpha value is -3.30. The normalized spacial score (nSPS) is 37.6. The lowest BCUT2D eigenvalue weighted by Gasteiger charge is -2.29. The van der Waals surface area contributed by atoms with Crippen molar-refractivity contribution in [3.63, 3.8) is 0 Å². The van der Waals surface area contributed by atoms with Crippen LogP contribution in [-0.4, -0.2) is 59.7 Å². The first-order valence-electron chi connectivity index (χ1n) is 16.6. The summed E-state index contributed by atoms with van der Waals surface area (Å²) in [6.45, 7) is -14.4. The fraction of sp³-hybridized carbons (Fsp3) is 0.400. The van der Waals surface area contributed by atoms with E-state index in [2.05, 4.69) is 10.1 Å². The number of benzene rings is 2. The molecule has 0 unspecified atom stereocenters. The molecule has 5 rings (SSSR count). The molecular formula is C25H27FN4O4. The Balaban J connectivity index is 1.37. The first kappa shape index (κ1) is 11.9. The minimum Gasteiger partial charge on any atom is -0.381 e. The van der Waals surface area contributed by atoms with E-state index in [1.54, 1.807) is 5.32 Å². The molecule has 3 heterocycles. The van der Waals surface area contributed by atoms with E-state index in [0.717, 1.165) is 6.07 Å². The van der Waals surface area contributed by atoms with E-state index >= 15 is 4.39 Å². The summed E-state index contributed by atoms with van der Waals surface area (Å²) in [6.07, 6.45) is -6.80. The predicted molar refractivity (Wildman–Crippen MR) is 122 cm³/mol. The highest BCUT2D eigenvalue weighted by atomic mass is 19.1. The predicted octanol–water partition coefficient (Wildman–Crippen LogP) is 2.03. The number of hydrogen-bond donors (Lipinski definition) is 2. The standard InChI is InChI=1S/C25H27FN4O4/c26-20-12-16(14-29-8-10-34-11-9-29)4-5-17(20)13-27-21-3-1-2-18-19(21)15-30(25(18)33)22-6-7-23(31)28-24(22)32/h1-5,12,22,27H,6-11,13-15H2,(H,28,31,32)/t22-/m0/s1/i6D2,7D2,8D2,9D2,10D2,11D2,22D. The average molecular weight is 480 g/mol. The molecule has 3 aliphatic rings. The van der Waals surface area contributed by atoms with Gasteiger partial charge in [0, 0.05) is 72.3 Å². The number of nitrogens with one attached hydrogen (secondary N) is 2. The number of amides is 3. The maximum atomic E-state index is 15.3. The van der Waals surface area contributed by atoms with Crippen LogP contribution >= 0.6 is 0 Å². The van der Waals surface area contributed by atoms with Gasteiger partial charge in [-0.25, -0.2) is 4.39 Å². The molecule has 0 bridgehead atoms. The summed E-state index contributed by atoms with van der Waals surface area (Å²) in [4.78, 5) is 38.9. The van der Waals surface area contributed by atoms with Gasteiger partial charge in [-0.2, -0.15) is 0 Å². The van der Waals surface area contributed by atoms with E-state index in [1.165, 1.54) is 30.3 Å². The highest BCUT2D eigenvalue weighted by molar-refractivity contribution is 6.06. The van der Waals surface area contributed by atoms with Crippen molar-refractivity contribution in [2.45, 2.75) is 38.4 Å². The van der Waals surface area contributed by atoms with E-state index in [4.69, 9.17) is 17.8 Å². The summed E-state index contributed by atoms with van der Waals surface area (Å²) < 4.78 is 124. The van der Waals surface area contributed by atoms with Crippen molar-refractivity contribution in [1.82, 2.24) is 15.1 Å². The van der Waals surface area contributed by atoms with Crippen LogP contribution < -0.4 is 10.6 Å². The molecule has 34 heavy (non-hydrogen) atoms. The molecule has 2 N–H and O–H groups in total. The van der Waals surface area contributed by atoms with Gasteiger partial charge in [0.05, 0.1) is 20.0 Å². The summed E-state index contributed by atoms with van der Waals surface area (Å²) in [6, 6.07) is 4.59. The molecule has 0 aliphatic carbocycles. The van der Waals surface area contributed by atoms with Gasteiger partial charge in [-0.15, -0.1) is 0 Å². The molecule has 3 amide bonds. The summed E-state index contributed by atoms with van der Waals surface area (Å²) in [5.41, 5.74) is 0.363. The third-order valence-corrected chi connectivity index (χ3v) is 5.37. The van der Waals surface area contributed by atoms with Crippen LogP contribution in [0.3, 0.4) is 0 Å². The number of nitrogens with zero attached hydrogens (tertiary/aromatic N) is 2. The molecule has 2 saturated heterocycles. The third-order valence-electron chi connectivity index (χ3n) is 5.37. The van der Waals surface area contributed by atoms with Crippen molar-refractivity contribution in [3.05, 3.63) is 64.5 Å². The van der Waals surface area contributed by atoms with Crippen LogP contribution in [-0.2, 0) is 34.0 Å². The second-order valence-corrected chi connectivity index (χ2v) is 7.50. The number of anilines is 1. The summed E-state index contributed by atoms with van der Waals surface area (Å²) in [7, 11) is 0. The quantitative estimate of drug-likeness (QED) is 0.617. The van der Waals surface area contributed by atoms with Crippen molar-refractivity contribution in [2.24, 2.45) is 0 Å². The lowest BCUT2D eigenvalue weighted by molar-refractivity contribution is -0.136. The molecular weight excluding hydrogens is 439 g/mol. The molecule has 0 saturated carbocycles. The van der Waals surface area contributed by atoms with E-state index in [1.807, 2.05) is 0 Å². The SMILES string of the molecule is [2H]C1([2H])OC([2H])([2H])C([2H])([2H])N(Cc2ccc(CNc3cccc4c3CN([C@]3([2H])C(=O)NC(=O)C([2H])([2H])C3([2H])[2H])C4=O)c(F)c2)C1([2H])[2H]. The average Bonchev–Trinajstić information content (AvgIpc) is 3.29. The number of carbonyl (C=O) groups excluding carboxylic acids is 3. The van der Waals surface area contributed by atoms with E-state index in [-0.39, 0.29) is 39.4 Å². The lowest BCUT2D eigenvalue weighted by Crippen LogP contribution is -2.52. The van der Waals surface area contributed by atoms with Gasteiger partial charge in [-0.1, -0.05) is 18.2 Å². The van der Waals surface area contributed by atoms with Crippen molar-refractivity contribution < 1.29 is 41.3 Å². The Kier molecular flexibility index (Phi) is 3.33. The van der Waals surface area contributed by atoms with Gasteiger partial charge in [0.25, 0.3) is 5.91 Å². The van der Waals surface area contributed by atoms with Crippen LogP contribution in [0, 0.1) is 5.82 Å². The van der Waals surface area contributed by atoms with Gasteiger partial charge in [0.1, 0.15) is 11.8 Å². The van der Waals surface area contributed by atoms with Crippen LogP contribution in [0.15, 0.2) is 36.4 Å². The molecule has 9 heteroatoms. The highest BCUT2D eigenvalue weighted by Gasteiger charge is 2.39. The fourth-order valence-electron chi connectivity index (χ4n) is 3.73. The molecule has 0 radical (unpaired) electrons. The molecule has 2 fully saturated rings. The van der Waals surface area contributed by atoms with Crippen molar-refractivity contribution in [2.75, 3.05) is 31.4 Å². The minimum absolute atomic E-state index is 0.0199. The number of carbonyl (C=O) groups is 3.